The molecule has 0 aromatic heterocycles. The topological polar surface area (TPSA) is 49.6 Å². The Labute approximate surface area is 134 Å². The van der Waals surface area contributed by atoms with Crippen LogP contribution in [0, 0.1) is 0 Å². The van der Waals surface area contributed by atoms with Crippen molar-refractivity contribution >= 4 is 30.7 Å². The van der Waals surface area contributed by atoms with Gasteiger partial charge in [0.1, 0.15) is 0 Å². The summed E-state index contributed by atoms with van der Waals surface area (Å²) in [7, 11) is 0. The summed E-state index contributed by atoms with van der Waals surface area (Å²) in [6, 6.07) is 0.599. The lowest BCUT2D eigenvalue weighted by Crippen LogP contribution is -2.61. The highest BCUT2D eigenvalue weighted by Crippen LogP contribution is 2.30. The van der Waals surface area contributed by atoms with Gasteiger partial charge in [0.25, 0.3) is 0 Å². The molecule has 1 amide bonds. The number of halogens is 2. The Balaban J connectivity index is 0.000001000. The van der Waals surface area contributed by atoms with Gasteiger partial charge in [-0.05, 0) is 32.2 Å². The van der Waals surface area contributed by atoms with Crippen molar-refractivity contribution in [1.82, 2.24) is 9.80 Å². The second-order valence-corrected chi connectivity index (χ2v) is 6.30. The van der Waals surface area contributed by atoms with Crippen LogP contribution in [0.3, 0.4) is 0 Å². The molecule has 1 aliphatic carbocycles. The van der Waals surface area contributed by atoms with Crippen molar-refractivity contribution in [2.45, 2.75) is 56.5 Å². The van der Waals surface area contributed by atoms with Gasteiger partial charge in [-0.3, -0.25) is 9.69 Å². The molecule has 2 aliphatic heterocycles. The lowest BCUT2D eigenvalue weighted by Gasteiger charge is -2.45. The number of hydrogen-bond acceptors (Lipinski definition) is 3. The largest absolute Gasteiger partial charge is 0.338 e. The molecule has 0 aromatic rings. The summed E-state index contributed by atoms with van der Waals surface area (Å²) in [6.45, 7) is 4.07. The average molecular weight is 324 g/mol. The molecule has 3 fully saturated rings. The van der Waals surface area contributed by atoms with Crippen LogP contribution in [-0.4, -0.2) is 53.5 Å². The first kappa shape index (κ1) is 18.0. The molecule has 1 unspecified atom stereocenters. The van der Waals surface area contributed by atoms with Crippen LogP contribution >= 0.6 is 24.8 Å². The van der Waals surface area contributed by atoms with Crippen molar-refractivity contribution in [3.8, 4) is 0 Å². The number of piperidine rings is 1. The summed E-state index contributed by atoms with van der Waals surface area (Å²) in [4.78, 5) is 17.2. The van der Waals surface area contributed by atoms with E-state index in [1.807, 2.05) is 0 Å². The third-order valence-electron chi connectivity index (χ3n) is 5.05. The summed E-state index contributed by atoms with van der Waals surface area (Å²) < 4.78 is 0. The summed E-state index contributed by atoms with van der Waals surface area (Å²) in [5.41, 5.74) is 5.77. The molecule has 20 heavy (non-hydrogen) atoms. The highest BCUT2D eigenvalue weighted by atomic mass is 35.5. The summed E-state index contributed by atoms with van der Waals surface area (Å²) >= 11 is 0. The van der Waals surface area contributed by atoms with Gasteiger partial charge in [0.15, 0.2) is 0 Å². The summed E-state index contributed by atoms with van der Waals surface area (Å²) in [6.07, 6.45) is 7.90. The van der Waals surface area contributed by atoms with E-state index in [1.165, 1.54) is 25.8 Å². The molecule has 0 bridgehead atoms. The van der Waals surface area contributed by atoms with Gasteiger partial charge in [-0.15, -0.1) is 24.8 Å². The molecular weight excluding hydrogens is 297 g/mol. The first-order valence-corrected chi connectivity index (χ1v) is 7.51. The second kappa shape index (κ2) is 7.30. The van der Waals surface area contributed by atoms with E-state index in [0.717, 1.165) is 45.3 Å². The van der Waals surface area contributed by atoms with Gasteiger partial charge in [-0.1, -0.05) is 19.3 Å². The standard InChI is InChI=1S/C14H25N3O.2ClH/c15-14(6-2-3-7-14)13(18)17-10-9-16-8-4-1-5-12(16)11-17;;/h12H,1-11,15H2;2*1H. The number of rotatable bonds is 1. The van der Waals surface area contributed by atoms with E-state index >= 15 is 0 Å². The van der Waals surface area contributed by atoms with Crippen molar-refractivity contribution in [3.05, 3.63) is 0 Å². The van der Waals surface area contributed by atoms with Crippen molar-refractivity contribution in [3.63, 3.8) is 0 Å². The third kappa shape index (κ3) is 3.41. The predicted octanol–water partition coefficient (Wildman–Crippen LogP) is 1.80. The molecule has 3 aliphatic rings. The first-order chi connectivity index (χ1) is 8.69. The van der Waals surface area contributed by atoms with Crippen LogP contribution in [0.5, 0.6) is 0 Å². The van der Waals surface area contributed by atoms with Gasteiger partial charge in [-0.25, -0.2) is 0 Å². The normalized spacial score (nSPS) is 29.1. The fourth-order valence-electron chi connectivity index (χ4n) is 3.88. The minimum Gasteiger partial charge on any atom is -0.338 e. The molecular formula is C14H27Cl2N3O. The lowest BCUT2D eigenvalue weighted by molar-refractivity contribution is -0.140. The molecule has 2 N–H and O–H groups in total. The molecule has 0 spiro atoms. The van der Waals surface area contributed by atoms with Gasteiger partial charge in [0.2, 0.25) is 5.91 Å². The van der Waals surface area contributed by atoms with Crippen LogP contribution in [0.15, 0.2) is 0 Å². The fourth-order valence-corrected chi connectivity index (χ4v) is 3.88. The van der Waals surface area contributed by atoms with Crippen LogP contribution in [-0.2, 0) is 4.79 Å². The number of hydrogen-bond donors (Lipinski definition) is 1. The zero-order valence-electron chi connectivity index (χ0n) is 12.1. The number of piperazine rings is 1. The number of amides is 1. The van der Waals surface area contributed by atoms with Crippen molar-refractivity contribution in [2.24, 2.45) is 5.73 Å². The van der Waals surface area contributed by atoms with E-state index in [2.05, 4.69) is 9.80 Å². The van der Waals surface area contributed by atoms with E-state index in [4.69, 9.17) is 5.73 Å². The molecule has 2 saturated heterocycles. The highest BCUT2D eigenvalue weighted by Gasteiger charge is 2.42. The molecule has 4 nitrogen and oxygen atoms in total. The van der Waals surface area contributed by atoms with E-state index in [0.29, 0.717) is 6.04 Å². The van der Waals surface area contributed by atoms with Gasteiger partial charge < -0.3 is 10.6 Å². The summed E-state index contributed by atoms with van der Waals surface area (Å²) in [5, 5.41) is 0. The quantitative estimate of drug-likeness (QED) is 0.800. The van der Waals surface area contributed by atoms with Crippen molar-refractivity contribution in [1.29, 1.82) is 0 Å². The Morgan fingerprint density at radius 2 is 1.70 bits per heavy atom. The maximum atomic E-state index is 12.6. The molecule has 0 aromatic carbocycles. The van der Waals surface area contributed by atoms with Crippen LogP contribution in [0.2, 0.25) is 0 Å². The van der Waals surface area contributed by atoms with E-state index in [9.17, 15) is 4.79 Å². The Hall–Kier alpha value is -0.0300. The Bertz CT molecular complexity index is 334. The smallest absolute Gasteiger partial charge is 0.242 e. The zero-order valence-corrected chi connectivity index (χ0v) is 13.7. The predicted molar refractivity (Wildman–Crippen MR) is 85.7 cm³/mol. The maximum absolute atomic E-state index is 12.6. The SMILES string of the molecule is Cl.Cl.NC1(C(=O)N2CCN3CCCCC3C2)CCCC1. The van der Waals surface area contributed by atoms with Crippen LogP contribution < -0.4 is 5.73 Å². The van der Waals surface area contributed by atoms with Crippen LogP contribution in [0.1, 0.15) is 44.9 Å². The van der Waals surface area contributed by atoms with Gasteiger partial charge in [-0.2, -0.15) is 0 Å². The van der Waals surface area contributed by atoms with E-state index in [-0.39, 0.29) is 30.7 Å². The number of carbonyl (C=O) groups excluding carboxylic acids is 1. The number of carbonyl (C=O) groups is 1. The molecule has 2 heterocycles. The Morgan fingerprint density at radius 1 is 1.00 bits per heavy atom. The fraction of sp³-hybridized carbons (Fsp3) is 0.929. The Morgan fingerprint density at radius 3 is 2.40 bits per heavy atom. The number of nitrogens with zero attached hydrogens (tertiary/aromatic N) is 2. The lowest BCUT2D eigenvalue weighted by atomic mass is 9.94. The van der Waals surface area contributed by atoms with Crippen LogP contribution in [0.4, 0.5) is 0 Å². The van der Waals surface area contributed by atoms with Crippen LogP contribution in [0.25, 0.3) is 0 Å². The Kier molecular flexibility index (Phi) is 6.58. The molecule has 1 atom stereocenters. The average Bonchev–Trinajstić information content (AvgIpc) is 2.85. The van der Waals surface area contributed by atoms with Gasteiger partial charge >= 0.3 is 0 Å². The van der Waals surface area contributed by atoms with Crippen molar-refractivity contribution in [2.75, 3.05) is 26.2 Å². The summed E-state index contributed by atoms with van der Waals surface area (Å²) in [5.74, 6) is 0.227. The third-order valence-corrected chi connectivity index (χ3v) is 5.05. The molecule has 118 valence electrons. The molecule has 6 heteroatoms. The molecule has 0 radical (unpaired) electrons. The first-order valence-electron chi connectivity index (χ1n) is 7.51. The minimum absolute atomic E-state index is 0. The van der Waals surface area contributed by atoms with Gasteiger partial charge in [0, 0.05) is 25.7 Å². The molecule has 1 saturated carbocycles. The number of fused-ring (bicyclic) bond motifs is 1. The number of nitrogens with two attached hydrogens (primary N) is 1. The van der Waals surface area contributed by atoms with E-state index in [1.54, 1.807) is 0 Å². The zero-order chi connectivity index (χ0) is 12.6. The maximum Gasteiger partial charge on any atom is 0.242 e. The van der Waals surface area contributed by atoms with E-state index < -0.39 is 5.54 Å². The second-order valence-electron chi connectivity index (χ2n) is 6.30. The van der Waals surface area contributed by atoms with Crippen molar-refractivity contribution < 1.29 is 4.79 Å². The monoisotopic (exact) mass is 323 g/mol. The van der Waals surface area contributed by atoms with Gasteiger partial charge in [0.05, 0.1) is 5.54 Å². The minimum atomic E-state index is -0.531. The molecule has 3 rings (SSSR count). The highest BCUT2D eigenvalue weighted by molar-refractivity contribution is 5.86.